The minimum absolute atomic E-state index is 0.106. The standard InChI is InChI=1S/C67H130O17P2/c1-7-9-11-13-15-17-19-20-21-23-25-33-40-46-52-67(72)83-62(55-77-64(69)49-43-37-31-27-26-29-35-41-47-59(3)4)57-81-85(73,74)79-53-61(68)54-80-86(75,76)82-58-63(56-78-65(70)50-44-38-34-28-30-36-42-48-60(5)6)84-66(71)51-45-39-32-24-22-18-16-14-12-10-8-2/h59-63,68H,7-58H2,1-6H3,(H,73,74)(H,75,76)/t61-,62-,63-/m1/s1. The Hall–Kier alpha value is -1.94. The molecule has 0 aromatic rings. The molecule has 0 rings (SSSR count). The van der Waals surface area contributed by atoms with E-state index in [1.165, 1.54) is 148 Å². The summed E-state index contributed by atoms with van der Waals surface area (Å²) in [5, 5.41) is 10.6. The third-order valence-corrected chi connectivity index (χ3v) is 17.4. The quantitative estimate of drug-likeness (QED) is 0.0222. The first-order valence-electron chi connectivity index (χ1n) is 35.0. The number of phosphoric ester groups is 2. The molecule has 0 fully saturated rings. The van der Waals surface area contributed by atoms with Crippen molar-refractivity contribution in [2.45, 2.75) is 355 Å². The molecule has 0 aromatic heterocycles. The van der Waals surface area contributed by atoms with Crippen molar-refractivity contribution in [2.24, 2.45) is 11.8 Å². The van der Waals surface area contributed by atoms with E-state index < -0.39 is 97.5 Å². The first kappa shape index (κ1) is 84.1. The smallest absolute Gasteiger partial charge is 0.462 e. The largest absolute Gasteiger partial charge is 0.472 e. The fraction of sp³-hybridized carbons (Fsp3) is 0.940. The molecular weight excluding hydrogens is 1140 g/mol. The summed E-state index contributed by atoms with van der Waals surface area (Å²) in [5.74, 6) is -0.697. The van der Waals surface area contributed by atoms with E-state index in [1.807, 2.05) is 0 Å². The Morgan fingerprint density at radius 1 is 0.314 bits per heavy atom. The molecule has 510 valence electrons. The van der Waals surface area contributed by atoms with Crippen LogP contribution in [0, 0.1) is 11.8 Å². The molecule has 0 bridgehead atoms. The van der Waals surface area contributed by atoms with Crippen LogP contribution in [0.5, 0.6) is 0 Å². The molecule has 86 heavy (non-hydrogen) atoms. The van der Waals surface area contributed by atoms with E-state index in [1.54, 1.807) is 0 Å². The molecular formula is C67H130O17P2. The Balaban J connectivity index is 5.25. The summed E-state index contributed by atoms with van der Waals surface area (Å²) in [5.41, 5.74) is 0. The van der Waals surface area contributed by atoms with Crippen molar-refractivity contribution in [3.05, 3.63) is 0 Å². The van der Waals surface area contributed by atoms with Gasteiger partial charge in [-0.2, -0.15) is 0 Å². The zero-order chi connectivity index (χ0) is 63.6. The number of carbonyl (C=O) groups is 4. The summed E-state index contributed by atoms with van der Waals surface area (Å²) in [4.78, 5) is 72.4. The molecule has 0 radical (unpaired) electrons. The van der Waals surface area contributed by atoms with Gasteiger partial charge in [0.1, 0.15) is 19.3 Å². The monoisotopic (exact) mass is 1270 g/mol. The van der Waals surface area contributed by atoms with Crippen LogP contribution in [-0.4, -0.2) is 96.7 Å². The second kappa shape index (κ2) is 59.4. The summed E-state index contributed by atoms with van der Waals surface area (Å²) in [6.07, 6.45) is 43.1. The van der Waals surface area contributed by atoms with Crippen molar-refractivity contribution in [1.29, 1.82) is 0 Å². The van der Waals surface area contributed by atoms with E-state index in [9.17, 15) is 43.2 Å². The SMILES string of the molecule is CCCCCCCCCCCCCCCCC(=O)O[C@H](COC(=O)CCCCCCCCCCC(C)C)COP(=O)(O)OC[C@@H](O)COP(=O)(O)OC[C@@H](COC(=O)CCCCCCCCCC(C)C)OC(=O)CCCCCCCCCCCCC. The van der Waals surface area contributed by atoms with Crippen LogP contribution in [0.25, 0.3) is 0 Å². The Kier molecular flexibility index (Phi) is 58.0. The number of hydrogen-bond donors (Lipinski definition) is 3. The number of ether oxygens (including phenoxy) is 4. The predicted molar refractivity (Wildman–Crippen MR) is 345 cm³/mol. The molecule has 0 amide bonds. The van der Waals surface area contributed by atoms with Gasteiger partial charge >= 0.3 is 39.5 Å². The second-order valence-electron chi connectivity index (χ2n) is 25.2. The lowest BCUT2D eigenvalue weighted by Gasteiger charge is -2.21. The maximum Gasteiger partial charge on any atom is 0.472 e. The highest BCUT2D eigenvalue weighted by Gasteiger charge is 2.30. The maximum atomic E-state index is 13.0. The van der Waals surface area contributed by atoms with Gasteiger partial charge in [-0.3, -0.25) is 37.3 Å². The van der Waals surface area contributed by atoms with Gasteiger partial charge in [0.15, 0.2) is 12.2 Å². The van der Waals surface area contributed by atoms with Gasteiger partial charge in [-0.25, -0.2) is 9.13 Å². The molecule has 5 atom stereocenters. The van der Waals surface area contributed by atoms with E-state index in [4.69, 9.17) is 37.0 Å². The average molecular weight is 1270 g/mol. The van der Waals surface area contributed by atoms with Crippen molar-refractivity contribution < 1.29 is 80.2 Å². The molecule has 0 saturated heterocycles. The van der Waals surface area contributed by atoms with Gasteiger partial charge in [0.25, 0.3) is 0 Å². The van der Waals surface area contributed by atoms with Crippen LogP contribution in [0.3, 0.4) is 0 Å². The van der Waals surface area contributed by atoms with E-state index in [-0.39, 0.29) is 25.7 Å². The summed E-state index contributed by atoms with van der Waals surface area (Å²) < 4.78 is 68.1. The molecule has 0 aliphatic heterocycles. The number of phosphoric acid groups is 2. The molecule has 0 spiro atoms. The minimum atomic E-state index is -4.95. The fourth-order valence-corrected chi connectivity index (χ4v) is 11.6. The molecule has 3 N–H and O–H groups in total. The summed E-state index contributed by atoms with van der Waals surface area (Å²) >= 11 is 0. The Bertz CT molecular complexity index is 1680. The van der Waals surface area contributed by atoms with Crippen LogP contribution >= 0.6 is 15.6 Å². The van der Waals surface area contributed by atoms with Crippen molar-refractivity contribution in [1.82, 2.24) is 0 Å². The number of aliphatic hydroxyl groups excluding tert-OH is 1. The highest BCUT2D eigenvalue weighted by molar-refractivity contribution is 7.47. The number of aliphatic hydroxyl groups is 1. The average Bonchev–Trinajstić information content (AvgIpc) is 3.59. The lowest BCUT2D eigenvalue weighted by molar-refractivity contribution is -0.161. The summed E-state index contributed by atoms with van der Waals surface area (Å²) in [6, 6.07) is 0. The molecule has 19 heteroatoms. The number of carbonyl (C=O) groups excluding carboxylic acids is 4. The van der Waals surface area contributed by atoms with Crippen LogP contribution in [0.4, 0.5) is 0 Å². The van der Waals surface area contributed by atoms with Gasteiger partial charge in [0.2, 0.25) is 0 Å². The Morgan fingerprint density at radius 3 is 0.791 bits per heavy atom. The predicted octanol–water partition coefficient (Wildman–Crippen LogP) is 18.8. The number of hydrogen-bond acceptors (Lipinski definition) is 15. The second-order valence-corrected chi connectivity index (χ2v) is 28.1. The van der Waals surface area contributed by atoms with Crippen LogP contribution < -0.4 is 0 Å². The van der Waals surface area contributed by atoms with E-state index in [0.717, 1.165) is 102 Å². The third kappa shape index (κ3) is 60.9. The number of rotatable bonds is 66. The van der Waals surface area contributed by atoms with E-state index in [0.29, 0.717) is 31.6 Å². The molecule has 2 unspecified atom stereocenters. The maximum absolute atomic E-state index is 13.0. The first-order chi connectivity index (χ1) is 41.4. The number of unbranched alkanes of at least 4 members (excludes halogenated alkanes) is 36. The van der Waals surface area contributed by atoms with Gasteiger partial charge in [-0.05, 0) is 37.5 Å². The normalized spacial score (nSPS) is 14.2. The molecule has 0 saturated carbocycles. The van der Waals surface area contributed by atoms with Crippen molar-refractivity contribution >= 4 is 39.5 Å². The zero-order valence-electron chi connectivity index (χ0n) is 55.6. The highest BCUT2D eigenvalue weighted by Crippen LogP contribution is 2.45. The lowest BCUT2D eigenvalue weighted by Crippen LogP contribution is -2.30. The van der Waals surface area contributed by atoms with Crippen molar-refractivity contribution in [3.63, 3.8) is 0 Å². The molecule has 0 aliphatic rings. The zero-order valence-corrected chi connectivity index (χ0v) is 57.4. The van der Waals surface area contributed by atoms with Gasteiger partial charge < -0.3 is 33.8 Å². The lowest BCUT2D eigenvalue weighted by atomic mass is 10.0. The van der Waals surface area contributed by atoms with E-state index >= 15 is 0 Å². The van der Waals surface area contributed by atoms with E-state index in [2.05, 4.69) is 41.5 Å². The molecule has 0 aromatic carbocycles. The van der Waals surface area contributed by atoms with Crippen LogP contribution in [-0.2, 0) is 65.4 Å². The van der Waals surface area contributed by atoms with Gasteiger partial charge in [0.05, 0.1) is 26.4 Å². The third-order valence-electron chi connectivity index (χ3n) is 15.5. The minimum Gasteiger partial charge on any atom is -0.462 e. The topological polar surface area (TPSA) is 237 Å². The molecule has 17 nitrogen and oxygen atoms in total. The van der Waals surface area contributed by atoms with Crippen LogP contribution in [0.2, 0.25) is 0 Å². The van der Waals surface area contributed by atoms with Crippen molar-refractivity contribution in [3.8, 4) is 0 Å². The Morgan fingerprint density at radius 2 is 0.535 bits per heavy atom. The molecule has 0 heterocycles. The summed E-state index contributed by atoms with van der Waals surface area (Å²) in [6.45, 7) is 9.43. The fourth-order valence-electron chi connectivity index (χ4n) is 10.1. The molecule has 0 aliphatic carbocycles. The van der Waals surface area contributed by atoms with Gasteiger partial charge in [0, 0.05) is 25.7 Å². The Labute approximate surface area is 524 Å². The number of esters is 4. The van der Waals surface area contributed by atoms with Gasteiger partial charge in [-0.1, -0.05) is 286 Å². The first-order valence-corrected chi connectivity index (χ1v) is 38.0. The van der Waals surface area contributed by atoms with Gasteiger partial charge in [-0.15, -0.1) is 0 Å². The van der Waals surface area contributed by atoms with Crippen molar-refractivity contribution in [2.75, 3.05) is 39.6 Å². The van der Waals surface area contributed by atoms with Crippen LogP contribution in [0.15, 0.2) is 0 Å². The highest BCUT2D eigenvalue weighted by atomic mass is 31.2. The summed E-state index contributed by atoms with van der Waals surface area (Å²) in [7, 11) is -9.89. The van der Waals surface area contributed by atoms with Crippen LogP contribution in [0.1, 0.15) is 337 Å².